The Hall–Kier alpha value is -0.360. The van der Waals surface area contributed by atoms with Gasteiger partial charge in [-0.2, -0.15) is 0 Å². The fraction of sp³-hybridized carbons (Fsp3) is 0.167. The molecule has 2 aromatic rings. The van der Waals surface area contributed by atoms with Crippen LogP contribution in [0.5, 0.6) is 5.75 Å². The normalized spacial score (nSPS) is 12.5. The average molecular weight is 377 g/mol. The highest BCUT2D eigenvalue weighted by Crippen LogP contribution is 2.34. The van der Waals surface area contributed by atoms with E-state index in [1.165, 1.54) is 0 Å². The summed E-state index contributed by atoms with van der Waals surface area (Å²) in [6.07, 6.45) is 0. The van der Waals surface area contributed by atoms with E-state index in [0.29, 0.717) is 0 Å². The van der Waals surface area contributed by atoms with Crippen LogP contribution in [0.4, 0.5) is 0 Å². The SMILES string of the molecule is COc1csc(C(N)c2cc(Br)ccc2Br)c1. The van der Waals surface area contributed by atoms with Crippen molar-refractivity contribution in [2.75, 3.05) is 7.11 Å². The number of ether oxygens (including phenoxy) is 1. The van der Waals surface area contributed by atoms with Crippen LogP contribution in [0.25, 0.3) is 0 Å². The molecule has 0 spiro atoms. The van der Waals surface area contributed by atoms with Crippen molar-refractivity contribution in [2.45, 2.75) is 6.04 Å². The molecule has 90 valence electrons. The van der Waals surface area contributed by atoms with E-state index in [1.807, 2.05) is 29.6 Å². The van der Waals surface area contributed by atoms with Crippen molar-refractivity contribution in [3.63, 3.8) is 0 Å². The monoisotopic (exact) mass is 375 g/mol. The van der Waals surface area contributed by atoms with Crippen molar-refractivity contribution >= 4 is 43.2 Å². The van der Waals surface area contributed by atoms with Crippen molar-refractivity contribution in [3.05, 3.63) is 49.0 Å². The van der Waals surface area contributed by atoms with Crippen molar-refractivity contribution in [1.82, 2.24) is 0 Å². The molecule has 1 atom stereocenters. The molecule has 0 radical (unpaired) electrons. The molecule has 2 rings (SSSR count). The zero-order chi connectivity index (χ0) is 12.4. The van der Waals surface area contributed by atoms with Gasteiger partial charge in [0, 0.05) is 19.2 Å². The van der Waals surface area contributed by atoms with Crippen LogP contribution in [0.1, 0.15) is 16.5 Å². The number of halogens is 2. The lowest BCUT2D eigenvalue weighted by Crippen LogP contribution is -2.10. The second-order valence-electron chi connectivity index (χ2n) is 3.53. The Balaban J connectivity index is 2.35. The number of benzene rings is 1. The van der Waals surface area contributed by atoms with Gasteiger partial charge in [0.15, 0.2) is 0 Å². The molecule has 0 saturated heterocycles. The topological polar surface area (TPSA) is 35.2 Å². The minimum atomic E-state index is -0.143. The Morgan fingerprint density at radius 2 is 2.06 bits per heavy atom. The number of rotatable bonds is 3. The Morgan fingerprint density at radius 1 is 1.29 bits per heavy atom. The second kappa shape index (κ2) is 5.52. The van der Waals surface area contributed by atoms with E-state index < -0.39 is 0 Å². The van der Waals surface area contributed by atoms with Gasteiger partial charge in [-0.1, -0.05) is 31.9 Å². The number of nitrogens with two attached hydrogens (primary N) is 1. The highest BCUT2D eigenvalue weighted by atomic mass is 79.9. The van der Waals surface area contributed by atoms with E-state index in [-0.39, 0.29) is 6.04 Å². The first kappa shape index (κ1) is 13.1. The fourth-order valence-electron chi connectivity index (χ4n) is 1.51. The van der Waals surface area contributed by atoms with Gasteiger partial charge < -0.3 is 10.5 Å². The molecule has 0 amide bonds. The number of methoxy groups -OCH3 is 1. The lowest BCUT2D eigenvalue weighted by Gasteiger charge is -2.12. The van der Waals surface area contributed by atoms with Crippen LogP contribution in [0, 0.1) is 0 Å². The van der Waals surface area contributed by atoms with Crippen molar-refractivity contribution in [2.24, 2.45) is 5.73 Å². The summed E-state index contributed by atoms with van der Waals surface area (Å²) in [5.74, 6) is 0.853. The molecule has 1 heterocycles. The largest absolute Gasteiger partial charge is 0.496 e. The molecule has 2 N–H and O–H groups in total. The third kappa shape index (κ3) is 2.91. The minimum Gasteiger partial charge on any atom is -0.496 e. The maximum absolute atomic E-state index is 6.26. The standard InChI is InChI=1S/C12H11Br2NOS/c1-16-8-5-11(17-6-8)12(15)9-4-7(13)2-3-10(9)14/h2-6,12H,15H2,1H3. The van der Waals surface area contributed by atoms with E-state index in [2.05, 4.69) is 31.9 Å². The maximum atomic E-state index is 6.26. The van der Waals surface area contributed by atoms with Crippen LogP contribution in [0.2, 0.25) is 0 Å². The predicted octanol–water partition coefficient (Wildman–Crippen LogP) is 4.33. The van der Waals surface area contributed by atoms with Gasteiger partial charge in [-0.15, -0.1) is 11.3 Å². The molecular formula is C12H11Br2NOS. The average Bonchev–Trinajstić information content (AvgIpc) is 2.80. The second-order valence-corrected chi connectivity index (χ2v) is 6.25. The Kier molecular flexibility index (Phi) is 4.25. The molecule has 17 heavy (non-hydrogen) atoms. The molecule has 1 aromatic heterocycles. The Labute approximate surface area is 121 Å². The van der Waals surface area contributed by atoms with Gasteiger partial charge in [0.2, 0.25) is 0 Å². The van der Waals surface area contributed by atoms with Crippen LogP contribution < -0.4 is 10.5 Å². The molecular weight excluding hydrogens is 366 g/mol. The summed E-state index contributed by atoms with van der Waals surface area (Å²) in [6, 6.07) is 7.83. The third-order valence-corrected chi connectivity index (χ3v) is 4.64. The molecule has 0 saturated carbocycles. The maximum Gasteiger partial charge on any atom is 0.129 e. The zero-order valence-corrected chi connectivity index (χ0v) is 13.1. The molecule has 0 bridgehead atoms. The summed E-state index contributed by atoms with van der Waals surface area (Å²) in [4.78, 5) is 1.08. The first-order valence-electron chi connectivity index (χ1n) is 4.94. The third-order valence-electron chi connectivity index (χ3n) is 2.43. The van der Waals surface area contributed by atoms with Gasteiger partial charge in [-0.3, -0.25) is 0 Å². The quantitative estimate of drug-likeness (QED) is 0.865. The van der Waals surface area contributed by atoms with Gasteiger partial charge in [-0.25, -0.2) is 0 Å². The summed E-state index contributed by atoms with van der Waals surface area (Å²) in [6.45, 7) is 0. The van der Waals surface area contributed by atoms with Crippen LogP contribution in [0.15, 0.2) is 38.6 Å². The Bertz CT molecular complexity index is 527. The van der Waals surface area contributed by atoms with Gasteiger partial charge in [0.1, 0.15) is 5.75 Å². The van der Waals surface area contributed by atoms with Gasteiger partial charge >= 0.3 is 0 Å². The molecule has 0 aliphatic carbocycles. The molecule has 5 heteroatoms. The summed E-state index contributed by atoms with van der Waals surface area (Å²) in [5, 5.41) is 1.96. The van der Waals surface area contributed by atoms with Gasteiger partial charge in [0.25, 0.3) is 0 Å². The van der Waals surface area contributed by atoms with E-state index in [0.717, 1.165) is 25.1 Å². The van der Waals surface area contributed by atoms with Crippen LogP contribution in [0.3, 0.4) is 0 Å². The van der Waals surface area contributed by atoms with Crippen molar-refractivity contribution < 1.29 is 4.74 Å². The van der Waals surface area contributed by atoms with E-state index in [4.69, 9.17) is 10.5 Å². The predicted molar refractivity (Wildman–Crippen MR) is 78.7 cm³/mol. The van der Waals surface area contributed by atoms with E-state index in [1.54, 1.807) is 18.4 Å². The molecule has 0 fully saturated rings. The van der Waals surface area contributed by atoms with Crippen LogP contribution in [-0.2, 0) is 0 Å². The minimum absolute atomic E-state index is 0.143. The summed E-state index contributed by atoms with van der Waals surface area (Å²) in [7, 11) is 1.66. The molecule has 1 unspecified atom stereocenters. The summed E-state index contributed by atoms with van der Waals surface area (Å²) < 4.78 is 7.21. The van der Waals surface area contributed by atoms with Crippen LogP contribution >= 0.6 is 43.2 Å². The zero-order valence-electron chi connectivity index (χ0n) is 9.11. The van der Waals surface area contributed by atoms with Crippen molar-refractivity contribution in [1.29, 1.82) is 0 Å². The van der Waals surface area contributed by atoms with Crippen LogP contribution in [-0.4, -0.2) is 7.11 Å². The molecule has 0 aliphatic heterocycles. The van der Waals surface area contributed by atoms with E-state index >= 15 is 0 Å². The number of hydrogen-bond acceptors (Lipinski definition) is 3. The molecule has 1 aromatic carbocycles. The highest BCUT2D eigenvalue weighted by Gasteiger charge is 2.15. The Morgan fingerprint density at radius 3 is 2.71 bits per heavy atom. The highest BCUT2D eigenvalue weighted by molar-refractivity contribution is 9.11. The molecule has 2 nitrogen and oxygen atoms in total. The molecule has 0 aliphatic rings. The summed E-state index contributed by atoms with van der Waals surface area (Å²) in [5.41, 5.74) is 7.32. The van der Waals surface area contributed by atoms with E-state index in [9.17, 15) is 0 Å². The smallest absolute Gasteiger partial charge is 0.129 e. The first-order valence-corrected chi connectivity index (χ1v) is 7.41. The van der Waals surface area contributed by atoms with Crippen molar-refractivity contribution in [3.8, 4) is 5.75 Å². The lowest BCUT2D eigenvalue weighted by molar-refractivity contribution is 0.416. The lowest BCUT2D eigenvalue weighted by atomic mass is 10.1. The van der Waals surface area contributed by atoms with Gasteiger partial charge in [0.05, 0.1) is 13.2 Å². The first-order chi connectivity index (χ1) is 8.11. The fourth-order valence-corrected chi connectivity index (χ4v) is 3.26. The number of hydrogen-bond donors (Lipinski definition) is 1. The number of thiophene rings is 1. The van der Waals surface area contributed by atoms with Gasteiger partial charge in [-0.05, 0) is 29.8 Å². The summed E-state index contributed by atoms with van der Waals surface area (Å²) >= 11 is 8.59.